The Balaban J connectivity index is 2.89. The number of pyridine rings is 1. The molecule has 4 N–H and O–H groups in total. The number of halogens is 1. The van der Waals surface area contributed by atoms with E-state index in [-0.39, 0.29) is 0 Å². The van der Waals surface area contributed by atoms with Crippen molar-refractivity contribution < 1.29 is 0 Å². The molecule has 60 valence electrons. The van der Waals surface area contributed by atoms with Gasteiger partial charge in [-0.2, -0.15) is 0 Å². The topological polar surface area (TPSA) is 64.9 Å². The molecule has 0 aliphatic heterocycles. The summed E-state index contributed by atoms with van der Waals surface area (Å²) >= 11 is 3.25. The Morgan fingerprint density at radius 2 is 2.18 bits per heavy atom. The molecule has 1 heterocycles. The van der Waals surface area contributed by atoms with E-state index in [0.717, 1.165) is 22.4 Å². The summed E-state index contributed by atoms with van der Waals surface area (Å²) in [7, 11) is 0. The number of nitrogens with two attached hydrogens (primary N) is 2. The van der Waals surface area contributed by atoms with Gasteiger partial charge >= 0.3 is 0 Å². The van der Waals surface area contributed by atoms with Gasteiger partial charge in [0.25, 0.3) is 0 Å². The molecule has 0 bridgehead atoms. The van der Waals surface area contributed by atoms with Gasteiger partial charge in [0.05, 0.1) is 0 Å². The number of hydrogen-bond acceptors (Lipinski definition) is 3. The van der Waals surface area contributed by atoms with E-state index in [4.69, 9.17) is 11.5 Å². The second-order valence-corrected chi connectivity index (χ2v) is 3.07. The van der Waals surface area contributed by atoms with Crippen LogP contribution in [0.5, 0.6) is 0 Å². The minimum absolute atomic E-state index is 0.600. The van der Waals surface area contributed by atoms with E-state index in [2.05, 4.69) is 20.9 Å². The maximum absolute atomic E-state index is 5.58. The van der Waals surface area contributed by atoms with Crippen LogP contribution in [0.15, 0.2) is 16.7 Å². The first-order valence-electron chi connectivity index (χ1n) is 3.34. The van der Waals surface area contributed by atoms with Gasteiger partial charge in [0.1, 0.15) is 4.60 Å². The molecule has 3 nitrogen and oxygen atoms in total. The molecule has 1 rings (SSSR count). The lowest BCUT2D eigenvalue weighted by Gasteiger charge is -2.00. The van der Waals surface area contributed by atoms with Crippen molar-refractivity contribution in [2.75, 3.05) is 12.3 Å². The van der Waals surface area contributed by atoms with Crippen molar-refractivity contribution >= 4 is 21.6 Å². The normalized spacial score (nSPS) is 10.0. The maximum atomic E-state index is 5.58. The van der Waals surface area contributed by atoms with Gasteiger partial charge in [-0.05, 0) is 34.6 Å². The summed E-state index contributed by atoms with van der Waals surface area (Å²) in [5.41, 5.74) is 12.6. The van der Waals surface area contributed by atoms with Crippen molar-refractivity contribution in [2.45, 2.75) is 6.42 Å². The summed E-state index contributed by atoms with van der Waals surface area (Å²) in [4.78, 5) is 4.18. The SMILES string of the molecule is NCCc1cc(N)cc(Br)n1. The third-order valence-electron chi connectivity index (χ3n) is 1.27. The van der Waals surface area contributed by atoms with Crippen LogP contribution in [0.4, 0.5) is 5.69 Å². The van der Waals surface area contributed by atoms with Crippen molar-refractivity contribution in [1.82, 2.24) is 4.98 Å². The van der Waals surface area contributed by atoms with E-state index in [1.54, 1.807) is 6.07 Å². The summed E-state index contributed by atoms with van der Waals surface area (Å²) in [6, 6.07) is 3.59. The van der Waals surface area contributed by atoms with Crippen molar-refractivity contribution in [3.05, 3.63) is 22.4 Å². The lowest BCUT2D eigenvalue weighted by atomic mass is 10.2. The van der Waals surface area contributed by atoms with Crippen molar-refractivity contribution in [2.24, 2.45) is 5.73 Å². The molecule has 0 fully saturated rings. The van der Waals surface area contributed by atoms with Gasteiger partial charge in [0.15, 0.2) is 0 Å². The smallest absolute Gasteiger partial charge is 0.108 e. The molecular formula is C7H10BrN3. The van der Waals surface area contributed by atoms with Crippen LogP contribution in [0, 0.1) is 0 Å². The van der Waals surface area contributed by atoms with Gasteiger partial charge in [-0.1, -0.05) is 0 Å². The summed E-state index contributed by atoms with van der Waals surface area (Å²) in [6.45, 7) is 0.600. The maximum Gasteiger partial charge on any atom is 0.108 e. The minimum Gasteiger partial charge on any atom is -0.399 e. The second-order valence-electron chi connectivity index (χ2n) is 2.25. The molecule has 0 radical (unpaired) electrons. The third kappa shape index (κ3) is 2.48. The number of hydrogen-bond donors (Lipinski definition) is 2. The fourth-order valence-electron chi connectivity index (χ4n) is 0.849. The van der Waals surface area contributed by atoms with Crippen molar-refractivity contribution in [3.8, 4) is 0 Å². The predicted molar refractivity (Wildman–Crippen MR) is 49.1 cm³/mol. The lowest BCUT2D eigenvalue weighted by molar-refractivity contribution is 0.918. The van der Waals surface area contributed by atoms with E-state index in [1.165, 1.54) is 0 Å². The van der Waals surface area contributed by atoms with Crippen molar-refractivity contribution in [3.63, 3.8) is 0 Å². The van der Waals surface area contributed by atoms with Crippen LogP contribution >= 0.6 is 15.9 Å². The van der Waals surface area contributed by atoms with E-state index >= 15 is 0 Å². The second kappa shape index (κ2) is 3.69. The molecule has 0 saturated carbocycles. The highest BCUT2D eigenvalue weighted by Gasteiger charge is 1.96. The quantitative estimate of drug-likeness (QED) is 0.722. The Labute approximate surface area is 73.9 Å². The fourth-order valence-corrected chi connectivity index (χ4v) is 1.34. The van der Waals surface area contributed by atoms with Crippen LogP contribution in [-0.2, 0) is 6.42 Å². The van der Waals surface area contributed by atoms with E-state index in [1.807, 2.05) is 6.07 Å². The number of aromatic nitrogens is 1. The average molecular weight is 216 g/mol. The van der Waals surface area contributed by atoms with Gasteiger partial charge in [0.2, 0.25) is 0 Å². The third-order valence-corrected chi connectivity index (χ3v) is 1.68. The first-order valence-corrected chi connectivity index (χ1v) is 4.13. The van der Waals surface area contributed by atoms with Crippen LogP contribution in [0.1, 0.15) is 5.69 Å². The predicted octanol–water partition coefficient (Wildman–Crippen LogP) is 0.927. The molecule has 0 aliphatic carbocycles. The molecule has 0 aliphatic rings. The highest BCUT2D eigenvalue weighted by molar-refractivity contribution is 9.10. The van der Waals surface area contributed by atoms with Crippen LogP contribution < -0.4 is 11.5 Å². The Bertz CT molecular complexity index is 229. The molecule has 0 spiro atoms. The Morgan fingerprint density at radius 3 is 2.73 bits per heavy atom. The molecule has 4 heteroatoms. The molecule has 0 saturated heterocycles. The molecule has 0 unspecified atom stereocenters. The Morgan fingerprint density at radius 1 is 1.45 bits per heavy atom. The van der Waals surface area contributed by atoms with Crippen molar-refractivity contribution in [1.29, 1.82) is 0 Å². The molecule has 1 aromatic heterocycles. The minimum atomic E-state index is 0.600. The lowest BCUT2D eigenvalue weighted by Crippen LogP contribution is -2.05. The Kier molecular flexibility index (Phi) is 2.84. The molecule has 0 atom stereocenters. The molecule has 0 aromatic carbocycles. The molecule has 1 aromatic rings. The summed E-state index contributed by atoms with van der Waals surface area (Å²) in [5.74, 6) is 0. The summed E-state index contributed by atoms with van der Waals surface area (Å²) in [6.07, 6.45) is 0.768. The van der Waals surface area contributed by atoms with E-state index in [9.17, 15) is 0 Å². The fraction of sp³-hybridized carbons (Fsp3) is 0.286. The Hall–Kier alpha value is -0.610. The summed E-state index contributed by atoms with van der Waals surface area (Å²) in [5, 5.41) is 0. The van der Waals surface area contributed by atoms with Gasteiger partial charge in [0, 0.05) is 17.8 Å². The standard InChI is InChI=1S/C7H10BrN3/c8-7-4-5(10)3-6(11-7)1-2-9/h3-4H,1-2,9H2,(H2,10,11). The number of nitrogen functional groups attached to an aromatic ring is 1. The van der Waals surface area contributed by atoms with Crippen LogP contribution in [0.2, 0.25) is 0 Å². The number of rotatable bonds is 2. The first kappa shape index (κ1) is 8.49. The molecule has 11 heavy (non-hydrogen) atoms. The first-order chi connectivity index (χ1) is 5.22. The monoisotopic (exact) mass is 215 g/mol. The molecule has 0 amide bonds. The highest BCUT2D eigenvalue weighted by atomic mass is 79.9. The van der Waals surface area contributed by atoms with Gasteiger partial charge in [-0.25, -0.2) is 4.98 Å². The zero-order valence-electron chi connectivity index (χ0n) is 6.05. The average Bonchev–Trinajstić information content (AvgIpc) is 1.85. The van der Waals surface area contributed by atoms with E-state index in [0.29, 0.717) is 6.54 Å². The van der Waals surface area contributed by atoms with E-state index < -0.39 is 0 Å². The van der Waals surface area contributed by atoms with Gasteiger partial charge in [-0.15, -0.1) is 0 Å². The summed E-state index contributed by atoms with van der Waals surface area (Å²) < 4.78 is 0.765. The molecular weight excluding hydrogens is 206 g/mol. The van der Waals surface area contributed by atoms with Crippen LogP contribution in [0.25, 0.3) is 0 Å². The number of anilines is 1. The highest BCUT2D eigenvalue weighted by Crippen LogP contribution is 2.12. The zero-order valence-corrected chi connectivity index (χ0v) is 7.63. The largest absolute Gasteiger partial charge is 0.399 e. The number of nitrogens with zero attached hydrogens (tertiary/aromatic N) is 1. The van der Waals surface area contributed by atoms with Crippen LogP contribution in [-0.4, -0.2) is 11.5 Å². The van der Waals surface area contributed by atoms with Gasteiger partial charge in [-0.3, -0.25) is 0 Å². The van der Waals surface area contributed by atoms with Crippen LogP contribution in [0.3, 0.4) is 0 Å². The van der Waals surface area contributed by atoms with Gasteiger partial charge < -0.3 is 11.5 Å². The zero-order chi connectivity index (χ0) is 8.27.